The van der Waals surface area contributed by atoms with E-state index < -0.39 is 11.7 Å². The van der Waals surface area contributed by atoms with Crippen LogP contribution in [0.5, 0.6) is 5.88 Å². The molecule has 4 rings (SSSR count). The Hall–Kier alpha value is -3.06. The molecule has 162 valence electrons. The third-order valence-corrected chi connectivity index (χ3v) is 5.40. The number of aromatic nitrogens is 1. The fourth-order valence-corrected chi connectivity index (χ4v) is 3.86. The minimum absolute atomic E-state index is 0.0501. The van der Waals surface area contributed by atoms with E-state index in [9.17, 15) is 18.3 Å². The van der Waals surface area contributed by atoms with Gasteiger partial charge < -0.3 is 14.7 Å². The molecule has 0 amide bonds. The van der Waals surface area contributed by atoms with Crippen LogP contribution in [0.1, 0.15) is 17.5 Å². The van der Waals surface area contributed by atoms with E-state index in [0.717, 1.165) is 47.6 Å². The molecule has 1 saturated heterocycles. The van der Waals surface area contributed by atoms with Crippen molar-refractivity contribution in [2.75, 3.05) is 24.6 Å². The molecule has 3 aromatic rings. The highest BCUT2D eigenvalue weighted by Crippen LogP contribution is 2.32. The zero-order chi connectivity index (χ0) is 21.8. The molecular formula is C24H23F3N2O2. The van der Waals surface area contributed by atoms with Crippen molar-refractivity contribution >= 4 is 5.69 Å². The van der Waals surface area contributed by atoms with Crippen LogP contribution in [0.15, 0.2) is 66.9 Å². The minimum Gasteiger partial charge on any atom is -0.472 e. The number of halogens is 3. The third-order valence-electron chi connectivity index (χ3n) is 5.40. The summed E-state index contributed by atoms with van der Waals surface area (Å²) in [7, 11) is 0. The average molecular weight is 428 g/mol. The molecule has 2 heterocycles. The number of alkyl halides is 3. The highest BCUT2D eigenvalue weighted by Gasteiger charge is 2.31. The summed E-state index contributed by atoms with van der Waals surface area (Å²) in [5, 5.41) is 9.54. The van der Waals surface area contributed by atoms with E-state index in [1.807, 2.05) is 18.2 Å². The number of aliphatic hydroxyl groups excluding tert-OH is 1. The first-order chi connectivity index (χ1) is 14.9. The Bertz CT molecular complexity index is 1010. The van der Waals surface area contributed by atoms with Gasteiger partial charge in [0.2, 0.25) is 5.88 Å². The number of rotatable bonds is 6. The Morgan fingerprint density at radius 2 is 1.84 bits per heavy atom. The Morgan fingerprint density at radius 3 is 2.52 bits per heavy atom. The second kappa shape index (κ2) is 8.98. The predicted molar refractivity (Wildman–Crippen MR) is 113 cm³/mol. The maximum atomic E-state index is 12.7. The van der Waals surface area contributed by atoms with Crippen LogP contribution in [0.25, 0.3) is 11.1 Å². The molecule has 7 heteroatoms. The SMILES string of the molecule is OCCc1cc(-c2ccccc2)ccc1N1CCC(Oc2ccc(C(F)(F)F)cn2)C1. The van der Waals surface area contributed by atoms with E-state index in [1.165, 1.54) is 6.07 Å². The molecule has 0 saturated carbocycles. The maximum Gasteiger partial charge on any atom is 0.417 e. The van der Waals surface area contributed by atoms with E-state index >= 15 is 0 Å². The molecule has 1 N–H and O–H groups in total. The first kappa shape index (κ1) is 21.2. The first-order valence-corrected chi connectivity index (χ1v) is 10.2. The zero-order valence-corrected chi connectivity index (χ0v) is 16.8. The molecule has 1 aliphatic rings. The van der Waals surface area contributed by atoms with Crippen LogP contribution >= 0.6 is 0 Å². The van der Waals surface area contributed by atoms with Crippen LogP contribution < -0.4 is 9.64 Å². The van der Waals surface area contributed by atoms with Crippen LogP contribution in [0.3, 0.4) is 0 Å². The van der Waals surface area contributed by atoms with E-state index in [0.29, 0.717) is 13.0 Å². The second-order valence-corrected chi connectivity index (χ2v) is 7.54. The number of anilines is 1. The molecule has 1 fully saturated rings. The summed E-state index contributed by atoms with van der Waals surface area (Å²) >= 11 is 0. The van der Waals surface area contributed by atoms with Gasteiger partial charge >= 0.3 is 6.18 Å². The summed E-state index contributed by atoms with van der Waals surface area (Å²) in [5.41, 5.74) is 3.51. The van der Waals surface area contributed by atoms with E-state index in [1.54, 1.807) is 0 Å². The largest absolute Gasteiger partial charge is 0.472 e. The lowest BCUT2D eigenvalue weighted by Crippen LogP contribution is -2.25. The number of nitrogens with zero attached hydrogens (tertiary/aromatic N) is 2. The van der Waals surface area contributed by atoms with Gasteiger partial charge in [-0.2, -0.15) is 13.2 Å². The highest BCUT2D eigenvalue weighted by atomic mass is 19.4. The minimum atomic E-state index is -4.41. The fourth-order valence-electron chi connectivity index (χ4n) is 3.86. The number of benzene rings is 2. The molecular weight excluding hydrogens is 405 g/mol. The van der Waals surface area contributed by atoms with Crippen LogP contribution in [0.4, 0.5) is 18.9 Å². The quantitative estimate of drug-likeness (QED) is 0.603. The first-order valence-electron chi connectivity index (χ1n) is 10.2. The lowest BCUT2D eigenvalue weighted by atomic mass is 10.00. The molecule has 31 heavy (non-hydrogen) atoms. The van der Waals surface area contributed by atoms with Crippen molar-refractivity contribution in [3.05, 3.63) is 78.0 Å². The molecule has 0 bridgehead atoms. The molecule has 1 unspecified atom stereocenters. The Labute approximate surface area is 178 Å². The molecule has 1 atom stereocenters. The van der Waals surface area contributed by atoms with Gasteiger partial charge in [-0.05, 0) is 41.3 Å². The number of ether oxygens (including phenoxy) is 1. The van der Waals surface area contributed by atoms with Crippen LogP contribution in [0, 0.1) is 0 Å². The van der Waals surface area contributed by atoms with E-state index in [2.05, 4.69) is 40.2 Å². The lowest BCUT2D eigenvalue weighted by molar-refractivity contribution is -0.137. The number of hydrogen-bond donors (Lipinski definition) is 1. The molecule has 1 aromatic heterocycles. The lowest BCUT2D eigenvalue weighted by Gasteiger charge is -2.23. The molecule has 2 aromatic carbocycles. The van der Waals surface area contributed by atoms with Gasteiger partial charge in [0.15, 0.2) is 0 Å². The zero-order valence-electron chi connectivity index (χ0n) is 16.8. The predicted octanol–water partition coefficient (Wildman–Crippen LogP) is 4.96. The van der Waals surface area contributed by atoms with Crippen LogP contribution in [0.2, 0.25) is 0 Å². The highest BCUT2D eigenvalue weighted by molar-refractivity contribution is 5.69. The van der Waals surface area contributed by atoms with Crippen molar-refractivity contribution in [1.82, 2.24) is 4.98 Å². The van der Waals surface area contributed by atoms with Crippen LogP contribution in [-0.4, -0.2) is 35.9 Å². The normalized spacial score (nSPS) is 16.5. The van der Waals surface area contributed by atoms with Gasteiger partial charge in [0.1, 0.15) is 6.10 Å². The summed E-state index contributed by atoms with van der Waals surface area (Å²) in [6, 6.07) is 18.5. The maximum absolute atomic E-state index is 12.7. The fraction of sp³-hybridized carbons (Fsp3) is 0.292. The summed E-state index contributed by atoms with van der Waals surface area (Å²) in [4.78, 5) is 5.99. The van der Waals surface area contributed by atoms with Crippen molar-refractivity contribution in [1.29, 1.82) is 0 Å². The van der Waals surface area contributed by atoms with Crippen molar-refractivity contribution < 1.29 is 23.0 Å². The second-order valence-electron chi connectivity index (χ2n) is 7.54. The standard InChI is InChI=1S/C24H23F3N2O2/c25-24(26,27)20-7-9-23(28-15-20)31-21-10-12-29(16-21)22-8-6-18(14-19(22)11-13-30)17-4-2-1-3-5-17/h1-9,14-15,21,30H,10-13,16H2. The summed E-state index contributed by atoms with van der Waals surface area (Å²) in [6.07, 6.45) is -2.51. The van der Waals surface area contributed by atoms with E-state index in [-0.39, 0.29) is 18.6 Å². The van der Waals surface area contributed by atoms with Gasteiger partial charge in [0, 0.05) is 37.5 Å². The van der Waals surface area contributed by atoms with Crippen molar-refractivity contribution in [3.8, 4) is 17.0 Å². The van der Waals surface area contributed by atoms with Crippen molar-refractivity contribution in [2.45, 2.75) is 25.1 Å². The number of hydrogen-bond acceptors (Lipinski definition) is 4. The summed E-state index contributed by atoms with van der Waals surface area (Å²) in [6.45, 7) is 1.41. The van der Waals surface area contributed by atoms with Gasteiger partial charge in [-0.1, -0.05) is 36.4 Å². The summed E-state index contributed by atoms with van der Waals surface area (Å²) in [5.74, 6) is 0.190. The smallest absolute Gasteiger partial charge is 0.417 e. The van der Waals surface area contributed by atoms with Gasteiger partial charge in [0.25, 0.3) is 0 Å². The monoisotopic (exact) mass is 428 g/mol. The van der Waals surface area contributed by atoms with Crippen molar-refractivity contribution in [3.63, 3.8) is 0 Å². The topological polar surface area (TPSA) is 45.6 Å². The molecule has 0 aliphatic carbocycles. The van der Waals surface area contributed by atoms with E-state index in [4.69, 9.17) is 4.74 Å². The van der Waals surface area contributed by atoms with Crippen molar-refractivity contribution in [2.24, 2.45) is 0 Å². The Kier molecular flexibility index (Phi) is 6.13. The van der Waals surface area contributed by atoms with Gasteiger partial charge in [0.05, 0.1) is 12.1 Å². The molecule has 4 nitrogen and oxygen atoms in total. The number of pyridine rings is 1. The number of aliphatic hydroxyl groups is 1. The Morgan fingerprint density at radius 1 is 1.03 bits per heavy atom. The summed E-state index contributed by atoms with van der Waals surface area (Å²) < 4.78 is 43.9. The van der Waals surface area contributed by atoms with Crippen LogP contribution in [-0.2, 0) is 12.6 Å². The molecule has 1 aliphatic heterocycles. The molecule has 0 radical (unpaired) electrons. The van der Waals surface area contributed by atoms with Gasteiger partial charge in [-0.3, -0.25) is 0 Å². The molecule has 0 spiro atoms. The van der Waals surface area contributed by atoms with Gasteiger partial charge in [-0.15, -0.1) is 0 Å². The third kappa shape index (κ3) is 4.99. The average Bonchev–Trinajstić information content (AvgIpc) is 3.22. The Balaban J connectivity index is 1.47. The van der Waals surface area contributed by atoms with Gasteiger partial charge in [-0.25, -0.2) is 4.98 Å².